The van der Waals surface area contributed by atoms with E-state index in [4.69, 9.17) is 0 Å². The summed E-state index contributed by atoms with van der Waals surface area (Å²) in [6, 6.07) is 27.6. The van der Waals surface area contributed by atoms with Crippen LogP contribution in [0.3, 0.4) is 0 Å². The van der Waals surface area contributed by atoms with Gasteiger partial charge in [0.15, 0.2) is 5.82 Å². The molecule has 0 atom stereocenters. The van der Waals surface area contributed by atoms with E-state index in [1.54, 1.807) is 12.1 Å². The van der Waals surface area contributed by atoms with Gasteiger partial charge in [0.25, 0.3) is 5.91 Å². The number of piperazine rings is 1. The van der Waals surface area contributed by atoms with Gasteiger partial charge in [-0.1, -0.05) is 30.3 Å². The minimum absolute atomic E-state index is 0.0550. The molecule has 4 aromatic rings. The molecule has 7 heteroatoms. The normalized spacial score (nSPS) is 14.0. The lowest BCUT2D eigenvalue weighted by Gasteiger charge is -2.34. The molecule has 0 spiro atoms. The second kappa shape index (κ2) is 10.4. The second-order valence-electron chi connectivity index (χ2n) is 8.57. The lowest BCUT2D eigenvalue weighted by molar-refractivity contribution is 0.0628. The maximum Gasteiger partial charge on any atom is 0.253 e. The Kier molecular flexibility index (Phi) is 6.77. The van der Waals surface area contributed by atoms with Crippen LogP contribution in [0.2, 0.25) is 0 Å². The van der Waals surface area contributed by atoms with Gasteiger partial charge in [0, 0.05) is 49.5 Å². The molecule has 3 aromatic carbocycles. The number of hydrogen-bond donors (Lipinski definition) is 1. The molecule has 2 heterocycles. The first-order valence-electron chi connectivity index (χ1n) is 11.7. The summed E-state index contributed by atoms with van der Waals surface area (Å²) in [5.41, 5.74) is 4.25. The highest BCUT2D eigenvalue weighted by atomic mass is 19.1. The number of hydrogen-bond acceptors (Lipinski definition) is 5. The topological polar surface area (TPSA) is 61.4 Å². The maximum atomic E-state index is 13.1. The number of aromatic nitrogens is 2. The molecule has 1 aliphatic heterocycles. The molecule has 0 aliphatic carbocycles. The van der Waals surface area contributed by atoms with Crippen molar-refractivity contribution >= 4 is 17.4 Å². The van der Waals surface area contributed by atoms with Crippen molar-refractivity contribution in [3.63, 3.8) is 0 Å². The Labute approximate surface area is 204 Å². The van der Waals surface area contributed by atoms with Crippen LogP contribution in [0.25, 0.3) is 11.3 Å². The Hall–Kier alpha value is -4.10. The van der Waals surface area contributed by atoms with Gasteiger partial charge in [-0.2, -0.15) is 0 Å². The molecule has 1 aromatic heterocycles. The van der Waals surface area contributed by atoms with Gasteiger partial charge in [-0.05, 0) is 66.2 Å². The van der Waals surface area contributed by atoms with E-state index in [9.17, 15) is 9.18 Å². The quantitative estimate of drug-likeness (QED) is 0.433. The predicted octanol–water partition coefficient (Wildman–Crippen LogP) is 4.98. The van der Waals surface area contributed by atoms with Crippen molar-refractivity contribution in [2.75, 3.05) is 31.5 Å². The van der Waals surface area contributed by atoms with E-state index >= 15 is 0 Å². The first kappa shape index (κ1) is 22.7. The number of nitrogens with one attached hydrogen (secondary N) is 1. The largest absolute Gasteiger partial charge is 0.339 e. The molecule has 1 saturated heterocycles. The van der Waals surface area contributed by atoms with Crippen LogP contribution in [0.15, 0.2) is 91.0 Å². The van der Waals surface area contributed by atoms with E-state index in [1.165, 1.54) is 17.7 Å². The molecule has 0 radical (unpaired) electrons. The molecule has 0 unspecified atom stereocenters. The monoisotopic (exact) mass is 467 g/mol. The van der Waals surface area contributed by atoms with Crippen LogP contribution >= 0.6 is 0 Å². The fourth-order valence-electron chi connectivity index (χ4n) is 4.15. The van der Waals surface area contributed by atoms with E-state index in [0.717, 1.165) is 44.0 Å². The van der Waals surface area contributed by atoms with Crippen LogP contribution in [-0.2, 0) is 6.54 Å². The van der Waals surface area contributed by atoms with E-state index in [0.29, 0.717) is 17.1 Å². The molecular formula is C28H26FN5O. The van der Waals surface area contributed by atoms with Crippen molar-refractivity contribution < 1.29 is 9.18 Å². The van der Waals surface area contributed by atoms with Gasteiger partial charge in [-0.3, -0.25) is 9.69 Å². The average molecular weight is 468 g/mol. The Bertz CT molecular complexity index is 1250. The first-order chi connectivity index (χ1) is 17.1. The molecule has 0 bridgehead atoms. The zero-order valence-electron chi connectivity index (χ0n) is 19.3. The Balaban J connectivity index is 1.15. The second-order valence-corrected chi connectivity index (χ2v) is 8.57. The Morgan fingerprint density at radius 3 is 2.17 bits per heavy atom. The molecule has 1 fully saturated rings. The molecule has 1 amide bonds. The van der Waals surface area contributed by atoms with Gasteiger partial charge in [0.05, 0.1) is 5.69 Å². The first-order valence-corrected chi connectivity index (χ1v) is 11.7. The molecule has 176 valence electrons. The molecule has 1 aliphatic rings. The number of rotatable bonds is 6. The van der Waals surface area contributed by atoms with Crippen molar-refractivity contribution in [1.29, 1.82) is 0 Å². The minimum Gasteiger partial charge on any atom is -0.339 e. The third-order valence-corrected chi connectivity index (χ3v) is 6.12. The molecule has 1 N–H and O–H groups in total. The third kappa shape index (κ3) is 5.70. The smallest absolute Gasteiger partial charge is 0.253 e. The number of amides is 1. The van der Waals surface area contributed by atoms with E-state index < -0.39 is 0 Å². The highest BCUT2D eigenvalue weighted by Gasteiger charge is 2.22. The number of anilines is 2. The summed E-state index contributed by atoms with van der Waals surface area (Å²) >= 11 is 0. The summed E-state index contributed by atoms with van der Waals surface area (Å²) in [4.78, 5) is 17.3. The van der Waals surface area contributed by atoms with Crippen LogP contribution in [0.5, 0.6) is 0 Å². The van der Waals surface area contributed by atoms with Gasteiger partial charge >= 0.3 is 0 Å². The number of halogens is 1. The summed E-state index contributed by atoms with van der Waals surface area (Å²) in [7, 11) is 0. The van der Waals surface area contributed by atoms with Gasteiger partial charge in [-0.25, -0.2) is 4.39 Å². The maximum absolute atomic E-state index is 13.1. The van der Waals surface area contributed by atoms with E-state index in [1.807, 2.05) is 47.4 Å². The molecule has 35 heavy (non-hydrogen) atoms. The van der Waals surface area contributed by atoms with Crippen molar-refractivity contribution in [2.45, 2.75) is 6.54 Å². The number of carbonyl (C=O) groups excluding carboxylic acids is 1. The zero-order chi connectivity index (χ0) is 24.0. The fraction of sp³-hybridized carbons (Fsp3) is 0.179. The van der Waals surface area contributed by atoms with Crippen molar-refractivity contribution in [3.05, 3.63) is 108 Å². The van der Waals surface area contributed by atoms with Gasteiger partial charge in [0.2, 0.25) is 0 Å². The zero-order valence-corrected chi connectivity index (χ0v) is 19.3. The standard InChI is InChI=1S/C28H26FN5O/c29-24-10-6-22(7-11-24)26-14-15-27(32-31-26)30-25-12-8-23(9-13-25)28(35)34-18-16-33(17-19-34)20-21-4-2-1-3-5-21/h1-15H,16-20H2,(H,30,32). The lowest BCUT2D eigenvalue weighted by atomic mass is 10.1. The highest BCUT2D eigenvalue weighted by molar-refractivity contribution is 5.94. The van der Waals surface area contributed by atoms with Crippen LogP contribution in [0.4, 0.5) is 15.9 Å². The number of benzene rings is 3. The molecule has 0 saturated carbocycles. The van der Waals surface area contributed by atoms with Crippen molar-refractivity contribution in [2.24, 2.45) is 0 Å². The summed E-state index contributed by atoms with van der Waals surface area (Å²) < 4.78 is 13.1. The lowest BCUT2D eigenvalue weighted by Crippen LogP contribution is -2.48. The van der Waals surface area contributed by atoms with Crippen molar-refractivity contribution in [3.8, 4) is 11.3 Å². The van der Waals surface area contributed by atoms with Crippen molar-refractivity contribution in [1.82, 2.24) is 20.0 Å². The Morgan fingerprint density at radius 1 is 0.800 bits per heavy atom. The molecule has 6 nitrogen and oxygen atoms in total. The average Bonchev–Trinajstić information content (AvgIpc) is 2.91. The summed E-state index contributed by atoms with van der Waals surface area (Å²) in [6.07, 6.45) is 0. The van der Waals surface area contributed by atoms with Crippen LogP contribution in [0.1, 0.15) is 15.9 Å². The molecular weight excluding hydrogens is 441 g/mol. The van der Waals surface area contributed by atoms with Crippen LogP contribution < -0.4 is 5.32 Å². The third-order valence-electron chi connectivity index (χ3n) is 6.12. The SMILES string of the molecule is O=C(c1ccc(Nc2ccc(-c3ccc(F)cc3)nn2)cc1)N1CCN(Cc2ccccc2)CC1. The Morgan fingerprint density at radius 2 is 1.51 bits per heavy atom. The highest BCUT2D eigenvalue weighted by Crippen LogP contribution is 2.20. The van der Waals surface area contributed by atoms with E-state index in [-0.39, 0.29) is 11.7 Å². The predicted molar refractivity (Wildman–Crippen MR) is 135 cm³/mol. The van der Waals surface area contributed by atoms with Gasteiger partial charge in [0.1, 0.15) is 5.82 Å². The number of nitrogens with zero attached hydrogens (tertiary/aromatic N) is 4. The summed E-state index contributed by atoms with van der Waals surface area (Å²) in [5.74, 6) is 0.357. The van der Waals surface area contributed by atoms with Gasteiger partial charge < -0.3 is 10.2 Å². The summed E-state index contributed by atoms with van der Waals surface area (Å²) in [5, 5.41) is 11.6. The van der Waals surface area contributed by atoms with Crippen LogP contribution in [0, 0.1) is 5.82 Å². The number of carbonyl (C=O) groups is 1. The summed E-state index contributed by atoms with van der Waals surface area (Å²) in [6.45, 7) is 4.10. The van der Waals surface area contributed by atoms with Gasteiger partial charge in [-0.15, -0.1) is 10.2 Å². The molecule has 5 rings (SSSR count). The van der Waals surface area contributed by atoms with Crippen LogP contribution in [-0.4, -0.2) is 52.1 Å². The minimum atomic E-state index is -0.285. The fourth-order valence-corrected chi connectivity index (χ4v) is 4.15. The van der Waals surface area contributed by atoms with E-state index in [2.05, 4.69) is 44.7 Å².